The molecule has 0 saturated carbocycles. The Balaban J connectivity index is 2.16. The predicted molar refractivity (Wildman–Crippen MR) is 94.2 cm³/mol. The molecule has 0 aliphatic heterocycles. The van der Waals surface area contributed by atoms with Crippen molar-refractivity contribution in [1.29, 1.82) is 0 Å². The van der Waals surface area contributed by atoms with E-state index in [1.165, 1.54) is 11.3 Å². The molecule has 112 valence electrons. The van der Waals surface area contributed by atoms with Gasteiger partial charge in [0.05, 0.1) is 20.1 Å². The first-order valence-corrected chi connectivity index (χ1v) is 8.72. The molecule has 0 bridgehead atoms. The summed E-state index contributed by atoms with van der Waals surface area (Å²) in [6.45, 7) is 4.34. The van der Waals surface area contributed by atoms with Gasteiger partial charge in [0.1, 0.15) is 4.34 Å². The minimum atomic E-state index is -0.391. The summed E-state index contributed by atoms with van der Waals surface area (Å²) in [6, 6.07) is 9.45. The van der Waals surface area contributed by atoms with E-state index in [1.54, 1.807) is 12.1 Å². The molecule has 1 amide bonds. The quantitative estimate of drug-likeness (QED) is 0.599. The molecule has 1 aromatic carbocycles. The Morgan fingerprint density at radius 3 is 2.77 bits per heavy atom. The molecule has 0 aliphatic carbocycles. The van der Waals surface area contributed by atoms with Gasteiger partial charge in [0.15, 0.2) is 4.80 Å². The van der Waals surface area contributed by atoms with Gasteiger partial charge in [-0.2, -0.15) is 4.99 Å². The molecule has 2 heterocycles. The second-order valence-corrected chi connectivity index (χ2v) is 7.70. The van der Waals surface area contributed by atoms with E-state index >= 15 is 0 Å². The van der Waals surface area contributed by atoms with Crippen molar-refractivity contribution in [2.45, 2.75) is 6.54 Å². The summed E-state index contributed by atoms with van der Waals surface area (Å²) < 4.78 is 3.84. The van der Waals surface area contributed by atoms with Crippen molar-refractivity contribution in [1.82, 2.24) is 4.57 Å². The van der Waals surface area contributed by atoms with Crippen LogP contribution in [-0.2, 0) is 6.54 Å². The van der Waals surface area contributed by atoms with Crippen LogP contribution in [0.25, 0.3) is 10.2 Å². The standard InChI is InChI=1S/C15H10Cl2N2OS2/c1-2-7-19-10-5-3-4-6-11(10)21-15(19)18-14(20)9-8-12(16)22-13(9)17/h2-6,8H,1,7H2. The summed E-state index contributed by atoms with van der Waals surface area (Å²) in [5.74, 6) is -0.391. The zero-order valence-electron chi connectivity index (χ0n) is 11.3. The zero-order valence-corrected chi connectivity index (χ0v) is 14.4. The fourth-order valence-electron chi connectivity index (χ4n) is 2.04. The van der Waals surface area contributed by atoms with E-state index in [9.17, 15) is 4.79 Å². The lowest BCUT2D eigenvalue weighted by Gasteiger charge is -2.00. The first-order chi connectivity index (χ1) is 10.6. The number of rotatable bonds is 3. The van der Waals surface area contributed by atoms with Crippen molar-refractivity contribution in [3.05, 3.63) is 62.0 Å². The largest absolute Gasteiger partial charge is 0.312 e. The van der Waals surface area contributed by atoms with E-state index in [0.717, 1.165) is 21.6 Å². The van der Waals surface area contributed by atoms with Crippen LogP contribution in [0.5, 0.6) is 0 Å². The normalized spacial score (nSPS) is 12.0. The van der Waals surface area contributed by atoms with Crippen molar-refractivity contribution in [3.63, 3.8) is 0 Å². The third-order valence-corrected chi connectivity index (χ3v) is 5.53. The monoisotopic (exact) mass is 368 g/mol. The van der Waals surface area contributed by atoms with Crippen LogP contribution in [0, 0.1) is 0 Å². The summed E-state index contributed by atoms with van der Waals surface area (Å²) in [5, 5.41) is 0. The van der Waals surface area contributed by atoms with Crippen LogP contribution in [0.1, 0.15) is 10.4 Å². The molecule has 3 aromatic rings. The fourth-order valence-corrected chi connectivity index (χ4v) is 4.53. The smallest absolute Gasteiger partial charge is 0.282 e. The number of carbonyl (C=O) groups excluding carboxylic acids is 1. The van der Waals surface area contributed by atoms with Crippen LogP contribution < -0.4 is 4.80 Å². The molecule has 0 N–H and O–H groups in total. The Kier molecular flexibility index (Phi) is 4.49. The predicted octanol–water partition coefficient (Wildman–Crippen LogP) is 5.00. The number of para-hydroxylation sites is 1. The SMILES string of the molecule is C=CCn1c(=NC(=O)c2cc(Cl)sc2Cl)sc2ccccc21. The molecule has 0 atom stereocenters. The zero-order chi connectivity index (χ0) is 15.7. The highest BCUT2D eigenvalue weighted by Crippen LogP contribution is 2.31. The van der Waals surface area contributed by atoms with Crippen LogP contribution in [0.15, 0.2) is 48.0 Å². The van der Waals surface area contributed by atoms with Gasteiger partial charge in [-0.3, -0.25) is 4.79 Å². The van der Waals surface area contributed by atoms with E-state index in [-0.39, 0.29) is 0 Å². The summed E-state index contributed by atoms with van der Waals surface area (Å²) in [7, 11) is 0. The van der Waals surface area contributed by atoms with Crippen LogP contribution >= 0.6 is 45.9 Å². The van der Waals surface area contributed by atoms with Gasteiger partial charge in [-0.15, -0.1) is 17.9 Å². The average Bonchev–Trinajstić information content (AvgIpc) is 3.00. The Morgan fingerprint density at radius 1 is 1.32 bits per heavy atom. The molecular weight excluding hydrogens is 359 g/mol. The fraction of sp³-hybridized carbons (Fsp3) is 0.0667. The number of aromatic nitrogens is 1. The van der Waals surface area contributed by atoms with E-state index in [4.69, 9.17) is 23.2 Å². The van der Waals surface area contributed by atoms with E-state index in [0.29, 0.717) is 25.6 Å². The van der Waals surface area contributed by atoms with Gasteiger partial charge < -0.3 is 4.57 Å². The second-order valence-electron chi connectivity index (χ2n) is 4.41. The first kappa shape index (κ1) is 15.5. The molecule has 0 spiro atoms. The molecule has 0 radical (unpaired) electrons. The van der Waals surface area contributed by atoms with E-state index in [1.807, 2.05) is 28.8 Å². The number of thiophene rings is 1. The van der Waals surface area contributed by atoms with Gasteiger partial charge in [-0.05, 0) is 18.2 Å². The van der Waals surface area contributed by atoms with Crippen molar-refractivity contribution >= 4 is 62.0 Å². The molecule has 2 aromatic heterocycles. The Bertz CT molecular complexity index is 937. The maximum Gasteiger partial charge on any atom is 0.282 e. The van der Waals surface area contributed by atoms with Crippen molar-refractivity contribution in [2.75, 3.05) is 0 Å². The number of thiazole rings is 1. The van der Waals surface area contributed by atoms with Gasteiger partial charge in [-0.1, -0.05) is 52.7 Å². The lowest BCUT2D eigenvalue weighted by molar-refractivity contribution is 0.0998. The van der Waals surface area contributed by atoms with Crippen molar-refractivity contribution in [2.24, 2.45) is 4.99 Å². The van der Waals surface area contributed by atoms with Crippen LogP contribution in [0.2, 0.25) is 8.67 Å². The molecule has 0 aliphatic rings. The number of halogens is 2. The van der Waals surface area contributed by atoms with Gasteiger partial charge in [0, 0.05) is 6.54 Å². The maximum absolute atomic E-state index is 12.3. The summed E-state index contributed by atoms with van der Waals surface area (Å²) in [6.07, 6.45) is 1.77. The van der Waals surface area contributed by atoms with Crippen LogP contribution in [0.3, 0.4) is 0 Å². The number of carbonyl (C=O) groups is 1. The molecule has 22 heavy (non-hydrogen) atoms. The number of nitrogens with zero attached hydrogens (tertiary/aromatic N) is 2. The highest BCUT2D eigenvalue weighted by Gasteiger charge is 2.14. The first-order valence-electron chi connectivity index (χ1n) is 6.33. The van der Waals surface area contributed by atoms with Crippen LogP contribution in [-0.4, -0.2) is 10.5 Å². The maximum atomic E-state index is 12.3. The Labute approximate surface area is 144 Å². The Morgan fingerprint density at radius 2 is 2.09 bits per heavy atom. The van der Waals surface area contributed by atoms with Gasteiger partial charge >= 0.3 is 0 Å². The Hall–Kier alpha value is -1.40. The highest BCUT2D eigenvalue weighted by atomic mass is 35.5. The van der Waals surface area contributed by atoms with Crippen molar-refractivity contribution in [3.8, 4) is 0 Å². The topological polar surface area (TPSA) is 34.4 Å². The van der Waals surface area contributed by atoms with Crippen LogP contribution in [0.4, 0.5) is 0 Å². The minimum absolute atomic E-state index is 0.333. The number of fused-ring (bicyclic) bond motifs is 1. The number of allylic oxidation sites excluding steroid dienone is 1. The molecule has 0 saturated heterocycles. The summed E-state index contributed by atoms with van der Waals surface area (Å²) in [5.41, 5.74) is 1.35. The molecular formula is C15H10Cl2N2OS2. The minimum Gasteiger partial charge on any atom is -0.312 e. The number of benzene rings is 1. The number of amides is 1. The third kappa shape index (κ3) is 2.90. The van der Waals surface area contributed by atoms with Crippen molar-refractivity contribution < 1.29 is 4.79 Å². The van der Waals surface area contributed by atoms with Gasteiger partial charge in [0.2, 0.25) is 0 Å². The molecule has 0 unspecified atom stereocenters. The highest BCUT2D eigenvalue weighted by molar-refractivity contribution is 7.20. The second kappa shape index (κ2) is 6.38. The van der Waals surface area contributed by atoms with Gasteiger partial charge in [-0.25, -0.2) is 0 Å². The molecule has 3 rings (SSSR count). The molecule has 0 fully saturated rings. The lowest BCUT2D eigenvalue weighted by Crippen LogP contribution is -2.16. The number of hydrogen-bond acceptors (Lipinski definition) is 3. The lowest BCUT2D eigenvalue weighted by atomic mass is 10.3. The number of hydrogen-bond donors (Lipinski definition) is 0. The summed E-state index contributed by atoms with van der Waals surface area (Å²) >= 11 is 14.5. The van der Waals surface area contributed by atoms with E-state index in [2.05, 4.69) is 11.6 Å². The molecule has 7 heteroatoms. The molecule has 3 nitrogen and oxygen atoms in total. The van der Waals surface area contributed by atoms with E-state index < -0.39 is 5.91 Å². The summed E-state index contributed by atoms with van der Waals surface area (Å²) in [4.78, 5) is 17.2. The third-order valence-electron chi connectivity index (χ3n) is 2.98. The average molecular weight is 369 g/mol. The van der Waals surface area contributed by atoms with Gasteiger partial charge in [0.25, 0.3) is 5.91 Å².